The minimum absolute atomic E-state index is 0. The summed E-state index contributed by atoms with van der Waals surface area (Å²) in [5.74, 6) is 0.0387. The SMILES string of the molecule is C=CC(=O)C(C)CC.CCCC(=N)C1=[C-]CCNC1CC.Oc1[c-]ccc(CC(F)(F)F)c1.[Na+]. The van der Waals surface area contributed by atoms with Crippen LogP contribution in [0.4, 0.5) is 13.2 Å². The maximum absolute atomic E-state index is 11.8. The van der Waals surface area contributed by atoms with Crippen LogP contribution in [0.1, 0.15) is 65.4 Å². The van der Waals surface area contributed by atoms with Crippen molar-refractivity contribution in [3.8, 4) is 5.75 Å². The summed E-state index contributed by atoms with van der Waals surface area (Å²) < 4.78 is 35.3. The van der Waals surface area contributed by atoms with Gasteiger partial charge in [0.1, 0.15) is 0 Å². The van der Waals surface area contributed by atoms with Gasteiger partial charge in [-0.25, -0.2) is 0 Å². The van der Waals surface area contributed by atoms with Crippen molar-refractivity contribution in [3.05, 3.63) is 54.1 Å². The van der Waals surface area contributed by atoms with Crippen molar-refractivity contribution in [3.63, 3.8) is 0 Å². The van der Waals surface area contributed by atoms with E-state index >= 15 is 0 Å². The van der Waals surface area contributed by atoms with E-state index in [-0.39, 0.29) is 52.6 Å². The summed E-state index contributed by atoms with van der Waals surface area (Å²) in [6.45, 7) is 12.6. The number of nitrogens with one attached hydrogen (secondary N) is 2. The van der Waals surface area contributed by atoms with Crippen LogP contribution in [0.3, 0.4) is 0 Å². The third kappa shape index (κ3) is 15.5. The Hall–Kier alpha value is -1.41. The van der Waals surface area contributed by atoms with Gasteiger partial charge in [0.25, 0.3) is 0 Å². The Kier molecular flexibility index (Phi) is 19.3. The van der Waals surface area contributed by atoms with Crippen LogP contribution in [0.2, 0.25) is 0 Å². The Morgan fingerprint density at radius 3 is 2.47 bits per heavy atom. The molecule has 1 heterocycles. The number of carbonyl (C=O) groups excluding carboxylic acids is 1. The van der Waals surface area contributed by atoms with Gasteiger partial charge in [-0.1, -0.05) is 53.5 Å². The number of halogens is 3. The summed E-state index contributed by atoms with van der Waals surface area (Å²) >= 11 is 0. The first-order valence-corrected chi connectivity index (χ1v) is 11.3. The molecule has 4 nitrogen and oxygen atoms in total. The zero-order chi connectivity index (χ0) is 25.4. The van der Waals surface area contributed by atoms with Gasteiger partial charge in [0.15, 0.2) is 5.78 Å². The first kappa shape index (κ1) is 34.8. The summed E-state index contributed by atoms with van der Waals surface area (Å²) in [5.41, 5.74) is 1.94. The van der Waals surface area contributed by atoms with Gasteiger partial charge in [0.2, 0.25) is 0 Å². The minimum Gasteiger partial charge on any atom is -0.534 e. The molecule has 0 aliphatic carbocycles. The number of allylic oxidation sites excluding steroid dienone is 1. The van der Waals surface area contributed by atoms with Crippen LogP contribution in [-0.2, 0) is 11.2 Å². The molecule has 0 radical (unpaired) electrons. The first-order chi connectivity index (χ1) is 15.5. The monoisotopic (exact) mass is 489 g/mol. The average Bonchev–Trinajstić information content (AvgIpc) is 2.77. The van der Waals surface area contributed by atoms with Crippen LogP contribution in [0, 0.1) is 23.5 Å². The van der Waals surface area contributed by atoms with Gasteiger partial charge in [-0.05, 0) is 31.5 Å². The number of phenols is 1. The summed E-state index contributed by atoms with van der Waals surface area (Å²) in [6.07, 6.45) is 4.34. The molecule has 34 heavy (non-hydrogen) atoms. The number of hydrogen-bond donors (Lipinski definition) is 3. The van der Waals surface area contributed by atoms with E-state index in [2.05, 4.69) is 37.9 Å². The molecule has 2 rings (SSSR count). The molecule has 2 unspecified atom stereocenters. The average molecular weight is 490 g/mol. The number of aromatic hydroxyl groups is 1. The zero-order valence-corrected chi connectivity index (χ0v) is 23.1. The van der Waals surface area contributed by atoms with Crippen molar-refractivity contribution in [2.75, 3.05) is 6.54 Å². The van der Waals surface area contributed by atoms with E-state index in [1.807, 2.05) is 13.8 Å². The number of benzene rings is 1. The Morgan fingerprint density at radius 2 is 2.03 bits per heavy atom. The predicted molar refractivity (Wildman–Crippen MR) is 127 cm³/mol. The third-order valence-corrected chi connectivity index (χ3v) is 4.97. The molecule has 186 valence electrons. The first-order valence-electron chi connectivity index (χ1n) is 11.3. The molecule has 0 fully saturated rings. The molecule has 3 N–H and O–H groups in total. The molecular formula is C26H37F3N2NaO2-. The van der Waals surface area contributed by atoms with Crippen LogP contribution < -0.4 is 34.9 Å². The number of alkyl halides is 3. The second-order valence-electron chi connectivity index (χ2n) is 7.77. The normalized spacial score (nSPS) is 15.7. The van der Waals surface area contributed by atoms with Crippen LogP contribution in [0.25, 0.3) is 0 Å². The number of hydrogen-bond acceptors (Lipinski definition) is 4. The van der Waals surface area contributed by atoms with Crippen molar-refractivity contribution in [2.24, 2.45) is 5.92 Å². The standard InChI is InChI=1S/C11H19N2.C8H6F3O.C7H12O.Na/c1-3-6-10(12)9-7-5-8-13-11(9)4-2;9-8(10,11)5-6-2-1-3-7(12)4-6;1-4-6(3)7(8)5-2;/h11-13H,3-6,8H2,1-2H3;1-2,4,12H,5H2;5-6H,2,4H2,1,3H3;/q2*-1;;+1. The summed E-state index contributed by atoms with van der Waals surface area (Å²) in [7, 11) is 0. The summed E-state index contributed by atoms with van der Waals surface area (Å²) in [4.78, 5) is 10.6. The Labute approximate surface area is 224 Å². The van der Waals surface area contributed by atoms with Crippen LogP contribution >= 0.6 is 0 Å². The molecule has 2 atom stereocenters. The maximum Gasteiger partial charge on any atom is 1.00 e. The molecule has 0 aromatic heterocycles. The van der Waals surface area contributed by atoms with Gasteiger partial charge >= 0.3 is 35.7 Å². The zero-order valence-electron chi connectivity index (χ0n) is 21.1. The largest absolute Gasteiger partial charge is 1.00 e. The van der Waals surface area contributed by atoms with Crippen LogP contribution in [0.15, 0.2) is 36.4 Å². The van der Waals surface area contributed by atoms with Gasteiger partial charge in [-0.15, -0.1) is 23.4 Å². The van der Waals surface area contributed by atoms with Crippen molar-refractivity contribution < 1.29 is 52.6 Å². The molecule has 0 saturated heterocycles. The van der Waals surface area contributed by atoms with E-state index in [9.17, 15) is 18.0 Å². The van der Waals surface area contributed by atoms with Gasteiger partial charge in [-0.3, -0.25) is 10.9 Å². The quantitative estimate of drug-likeness (QED) is 0.227. The molecule has 8 heteroatoms. The number of carbonyl (C=O) groups is 1. The summed E-state index contributed by atoms with van der Waals surface area (Å²) in [5, 5.41) is 20.1. The minimum atomic E-state index is -4.23. The molecular weight excluding hydrogens is 452 g/mol. The number of phenolic OH excluding ortho intramolecular Hbond substituents is 1. The molecule has 0 saturated carbocycles. The van der Waals surface area contributed by atoms with Gasteiger partial charge in [-0.2, -0.15) is 30.9 Å². The maximum atomic E-state index is 11.8. The fourth-order valence-corrected chi connectivity index (χ4v) is 2.96. The summed E-state index contributed by atoms with van der Waals surface area (Å²) in [6, 6.07) is 6.31. The van der Waals surface area contributed by atoms with E-state index in [1.165, 1.54) is 18.2 Å². The van der Waals surface area contributed by atoms with Crippen molar-refractivity contribution >= 4 is 11.5 Å². The van der Waals surface area contributed by atoms with Crippen LogP contribution in [0.5, 0.6) is 5.75 Å². The van der Waals surface area contributed by atoms with Gasteiger partial charge in [0, 0.05) is 18.1 Å². The van der Waals surface area contributed by atoms with Crippen LogP contribution in [-0.4, -0.2) is 35.4 Å². The van der Waals surface area contributed by atoms with E-state index in [4.69, 9.17) is 10.5 Å². The van der Waals surface area contributed by atoms with Crippen molar-refractivity contribution in [1.29, 1.82) is 5.41 Å². The van der Waals surface area contributed by atoms with Crippen molar-refractivity contribution in [2.45, 2.75) is 78.4 Å². The number of rotatable bonds is 8. The third-order valence-electron chi connectivity index (χ3n) is 4.97. The second kappa shape index (κ2) is 18.9. The topological polar surface area (TPSA) is 73.2 Å². The Balaban J connectivity index is 0. The molecule has 1 aromatic rings. The Bertz CT molecular complexity index is 780. The van der Waals surface area contributed by atoms with Gasteiger partial charge in [0.05, 0.1) is 0 Å². The second-order valence-corrected chi connectivity index (χ2v) is 7.77. The fraction of sp³-hybridized carbons (Fsp3) is 0.538. The van der Waals surface area contributed by atoms with E-state index in [1.54, 1.807) is 0 Å². The predicted octanol–water partition coefficient (Wildman–Crippen LogP) is 3.40. The van der Waals surface area contributed by atoms with E-state index < -0.39 is 12.6 Å². The van der Waals surface area contributed by atoms with E-state index in [0.717, 1.165) is 56.0 Å². The van der Waals surface area contributed by atoms with Gasteiger partial charge < -0.3 is 15.8 Å². The van der Waals surface area contributed by atoms with Crippen molar-refractivity contribution in [1.82, 2.24) is 5.32 Å². The molecule has 1 aromatic carbocycles. The van der Waals surface area contributed by atoms with E-state index in [0.29, 0.717) is 6.04 Å². The molecule has 1 aliphatic rings. The Morgan fingerprint density at radius 1 is 1.38 bits per heavy atom. The molecule has 0 bridgehead atoms. The fourth-order valence-electron chi connectivity index (χ4n) is 2.96. The molecule has 1 aliphatic heterocycles. The molecule has 0 spiro atoms. The number of ketones is 1. The smallest absolute Gasteiger partial charge is 0.534 e. The molecule has 0 amide bonds.